The van der Waals surface area contributed by atoms with Crippen LogP contribution >= 0.6 is 15.9 Å². The van der Waals surface area contributed by atoms with Gasteiger partial charge in [0.2, 0.25) is 0 Å². The minimum Gasteiger partial charge on any atom is -0.326 e. The molecule has 1 saturated carbocycles. The third-order valence-electron chi connectivity index (χ3n) is 4.44. The van der Waals surface area contributed by atoms with E-state index in [4.69, 9.17) is 5.73 Å². The van der Waals surface area contributed by atoms with Gasteiger partial charge in [0.1, 0.15) is 0 Å². The van der Waals surface area contributed by atoms with Crippen molar-refractivity contribution in [3.63, 3.8) is 0 Å². The summed E-state index contributed by atoms with van der Waals surface area (Å²) in [5, 5.41) is 0. The molecule has 0 amide bonds. The maximum Gasteiger partial charge on any atom is 0.0510 e. The van der Waals surface area contributed by atoms with Gasteiger partial charge in [-0.3, -0.25) is 4.90 Å². The fraction of sp³-hybridized carbons (Fsp3) is 0.625. The quantitative estimate of drug-likeness (QED) is 0.883. The first-order valence-corrected chi connectivity index (χ1v) is 8.16. The largest absolute Gasteiger partial charge is 0.326 e. The van der Waals surface area contributed by atoms with Gasteiger partial charge >= 0.3 is 0 Å². The van der Waals surface area contributed by atoms with Crippen molar-refractivity contribution >= 4 is 15.9 Å². The van der Waals surface area contributed by atoms with E-state index in [0.717, 1.165) is 6.42 Å². The Morgan fingerprint density at radius 1 is 1.32 bits per heavy atom. The zero-order valence-electron chi connectivity index (χ0n) is 12.0. The molecule has 1 aliphatic rings. The van der Waals surface area contributed by atoms with E-state index in [-0.39, 0.29) is 6.04 Å². The van der Waals surface area contributed by atoms with E-state index in [0.29, 0.717) is 12.1 Å². The highest BCUT2D eigenvalue weighted by molar-refractivity contribution is 9.10. The SMILES string of the molecule is CCC(N)C(c1ccccc1Br)N(C)C1CCCC1. The molecule has 2 unspecified atom stereocenters. The van der Waals surface area contributed by atoms with Crippen molar-refractivity contribution in [3.05, 3.63) is 34.3 Å². The molecule has 1 aliphatic carbocycles. The summed E-state index contributed by atoms with van der Waals surface area (Å²) in [6, 6.07) is 9.68. The number of rotatable bonds is 5. The van der Waals surface area contributed by atoms with Crippen molar-refractivity contribution in [2.45, 2.75) is 57.2 Å². The lowest BCUT2D eigenvalue weighted by atomic mass is 9.95. The summed E-state index contributed by atoms with van der Waals surface area (Å²) in [4.78, 5) is 2.52. The van der Waals surface area contributed by atoms with Crippen LogP contribution in [0.5, 0.6) is 0 Å². The van der Waals surface area contributed by atoms with Crippen molar-refractivity contribution < 1.29 is 0 Å². The average Bonchev–Trinajstić information content (AvgIpc) is 2.94. The van der Waals surface area contributed by atoms with E-state index in [2.05, 4.69) is 59.1 Å². The van der Waals surface area contributed by atoms with E-state index in [9.17, 15) is 0 Å². The normalized spacial score (nSPS) is 19.8. The molecule has 0 heterocycles. The van der Waals surface area contributed by atoms with Gasteiger partial charge < -0.3 is 5.73 Å². The van der Waals surface area contributed by atoms with Gasteiger partial charge in [-0.25, -0.2) is 0 Å². The summed E-state index contributed by atoms with van der Waals surface area (Å²) in [5.41, 5.74) is 7.75. The number of nitrogens with two attached hydrogens (primary N) is 1. The van der Waals surface area contributed by atoms with E-state index < -0.39 is 0 Å². The van der Waals surface area contributed by atoms with E-state index in [1.165, 1.54) is 35.7 Å². The molecule has 0 saturated heterocycles. The zero-order valence-corrected chi connectivity index (χ0v) is 13.6. The fourth-order valence-electron chi connectivity index (χ4n) is 3.23. The molecule has 3 heteroatoms. The average molecular weight is 325 g/mol. The molecular weight excluding hydrogens is 300 g/mol. The maximum absolute atomic E-state index is 6.42. The summed E-state index contributed by atoms with van der Waals surface area (Å²) >= 11 is 3.69. The topological polar surface area (TPSA) is 29.3 Å². The Bertz CT molecular complexity index is 401. The monoisotopic (exact) mass is 324 g/mol. The number of hydrogen-bond acceptors (Lipinski definition) is 2. The van der Waals surface area contributed by atoms with Gasteiger partial charge in [0.25, 0.3) is 0 Å². The van der Waals surface area contributed by atoms with Gasteiger partial charge in [-0.1, -0.05) is 53.9 Å². The molecule has 0 radical (unpaired) electrons. The molecule has 1 fully saturated rings. The second-order valence-electron chi connectivity index (χ2n) is 5.64. The fourth-order valence-corrected chi connectivity index (χ4v) is 3.75. The highest BCUT2D eigenvalue weighted by Gasteiger charge is 2.30. The number of halogens is 1. The first-order valence-electron chi connectivity index (χ1n) is 7.37. The Hall–Kier alpha value is -0.380. The molecule has 2 N–H and O–H groups in total. The van der Waals surface area contributed by atoms with Crippen LogP contribution in [0.25, 0.3) is 0 Å². The van der Waals surface area contributed by atoms with E-state index in [1.54, 1.807) is 0 Å². The summed E-state index contributed by atoms with van der Waals surface area (Å²) in [6.45, 7) is 2.18. The smallest absolute Gasteiger partial charge is 0.0510 e. The minimum absolute atomic E-state index is 0.185. The molecule has 2 nitrogen and oxygen atoms in total. The van der Waals surface area contributed by atoms with Gasteiger partial charge in [-0.05, 0) is 37.9 Å². The molecule has 2 atom stereocenters. The van der Waals surface area contributed by atoms with Crippen molar-refractivity contribution in [1.82, 2.24) is 4.90 Å². The zero-order chi connectivity index (χ0) is 13.8. The van der Waals surface area contributed by atoms with Crippen LogP contribution in [0, 0.1) is 0 Å². The van der Waals surface area contributed by atoms with Crippen LogP contribution in [0.3, 0.4) is 0 Å². The Kier molecular flexibility index (Phi) is 5.43. The lowest BCUT2D eigenvalue weighted by molar-refractivity contribution is 0.150. The van der Waals surface area contributed by atoms with Crippen LogP contribution in [0.4, 0.5) is 0 Å². The van der Waals surface area contributed by atoms with Crippen LogP contribution in [0.2, 0.25) is 0 Å². The minimum atomic E-state index is 0.185. The lowest BCUT2D eigenvalue weighted by Gasteiger charge is -2.37. The van der Waals surface area contributed by atoms with Crippen molar-refractivity contribution in [1.29, 1.82) is 0 Å². The van der Waals surface area contributed by atoms with Crippen LogP contribution in [-0.2, 0) is 0 Å². The predicted octanol–water partition coefficient (Wildman–Crippen LogP) is 4.10. The Morgan fingerprint density at radius 3 is 2.53 bits per heavy atom. The predicted molar refractivity (Wildman–Crippen MR) is 85.2 cm³/mol. The summed E-state index contributed by atoms with van der Waals surface area (Å²) in [7, 11) is 2.25. The first-order chi connectivity index (χ1) is 9.15. The third kappa shape index (κ3) is 3.39. The summed E-state index contributed by atoms with van der Waals surface area (Å²) in [6.07, 6.45) is 6.35. The number of benzene rings is 1. The maximum atomic E-state index is 6.42. The highest BCUT2D eigenvalue weighted by atomic mass is 79.9. The molecule has 1 aromatic carbocycles. The Labute approximate surface area is 125 Å². The van der Waals surface area contributed by atoms with Gasteiger partial charge in [0.05, 0.1) is 6.04 Å². The molecule has 19 heavy (non-hydrogen) atoms. The summed E-state index contributed by atoms with van der Waals surface area (Å²) in [5.74, 6) is 0. The van der Waals surface area contributed by atoms with E-state index >= 15 is 0 Å². The molecule has 106 valence electrons. The molecular formula is C16H25BrN2. The number of nitrogens with zero attached hydrogens (tertiary/aromatic N) is 1. The molecule has 0 bridgehead atoms. The molecule has 0 spiro atoms. The second-order valence-corrected chi connectivity index (χ2v) is 6.50. The van der Waals surface area contributed by atoms with E-state index in [1.807, 2.05) is 0 Å². The molecule has 2 rings (SSSR count). The summed E-state index contributed by atoms with van der Waals surface area (Å²) < 4.78 is 1.17. The van der Waals surface area contributed by atoms with Crippen LogP contribution < -0.4 is 5.73 Å². The van der Waals surface area contributed by atoms with Crippen molar-refractivity contribution in [3.8, 4) is 0 Å². The highest BCUT2D eigenvalue weighted by Crippen LogP contribution is 2.35. The van der Waals surface area contributed by atoms with Gasteiger partial charge in [0.15, 0.2) is 0 Å². The Morgan fingerprint density at radius 2 is 1.95 bits per heavy atom. The first kappa shape index (κ1) is 15.0. The third-order valence-corrected chi connectivity index (χ3v) is 5.16. The van der Waals surface area contributed by atoms with Crippen LogP contribution in [0.15, 0.2) is 28.7 Å². The molecule has 1 aromatic rings. The van der Waals surface area contributed by atoms with Crippen molar-refractivity contribution in [2.24, 2.45) is 5.73 Å². The van der Waals surface area contributed by atoms with Crippen LogP contribution in [-0.4, -0.2) is 24.0 Å². The van der Waals surface area contributed by atoms with Gasteiger partial charge in [-0.2, -0.15) is 0 Å². The molecule has 0 aliphatic heterocycles. The van der Waals surface area contributed by atoms with Gasteiger partial charge in [-0.15, -0.1) is 0 Å². The lowest BCUT2D eigenvalue weighted by Crippen LogP contribution is -2.43. The van der Waals surface area contributed by atoms with Crippen molar-refractivity contribution in [2.75, 3.05) is 7.05 Å². The molecule has 0 aromatic heterocycles. The Balaban J connectivity index is 2.27. The second kappa shape index (κ2) is 6.87. The number of hydrogen-bond donors (Lipinski definition) is 1. The van der Waals surface area contributed by atoms with Crippen LogP contribution in [0.1, 0.15) is 50.6 Å². The van der Waals surface area contributed by atoms with Gasteiger partial charge in [0, 0.05) is 16.6 Å². The standard InChI is InChI=1S/C16H25BrN2/c1-3-15(18)16(13-10-6-7-11-14(13)17)19(2)12-8-4-5-9-12/h6-7,10-12,15-16H,3-5,8-9,18H2,1-2H3. The number of likely N-dealkylation sites (N-methyl/N-ethyl adjacent to an activating group) is 1.